The molecule has 0 aliphatic heterocycles. The Morgan fingerprint density at radius 2 is 1.86 bits per heavy atom. The summed E-state index contributed by atoms with van der Waals surface area (Å²) >= 11 is 0. The molecule has 0 radical (unpaired) electrons. The molecule has 0 aliphatic rings. The van der Waals surface area contributed by atoms with Crippen molar-refractivity contribution in [2.45, 2.75) is 13.5 Å². The topological polar surface area (TPSA) is 67.6 Å². The molecule has 0 unspecified atom stereocenters. The van der Waals surface area contributed by atoms with E-state index in [1.54, 1.807) is 6.07 Å². The van der Waals surface area contributed by atoms with Crippen LogP contribution in [0.25, 0.3) is 11.0 Å². The maximum absolute atomic E-state index is 8.57. The van der Waals surface area contributed by atoms with Gasteiger partial charge in [-0.25, -0.2) is 9.97 Å². The Kier molecular flexibility index (Phi) is 3.96. The van der Waals surface area contributed by atoms with Gasteiger partial charge in [0, 0.05) is 0 Å². The van der Waals surface area contributed by atoms with Gasteiger partial charge in [0.2, 0.25) is 0 Å². The van der Waals surface area contributed by atoms with Crippen LogP contribution < -0.4 is 4.74 Å². The van der Waals surface area contributed by atoms with E-state index in [-0.39, 0.29) is 0 Å². The highest BCUT2D eigenvalue weighted by molar-refractivity contribution is 5.79. The first-order chi connectivity index (χ1) is 10.8. The molecule has 0 saturated heterocycles. The highest BCUT2D eigenvalue weighted by Crippen LogP contribution is 2.16. The van der Waals surface area contributed by atoms with E-state index in [2.05, 4.69) is 15.1 Å². The molecular weight excluding hydrogens is 278 g/mol. The van der Waals surface area contributed by atoms with Crippen molar-refractivity contribution in [3.8, 4) is 5.75 Å². The molecule has 5 heteroatoms. The Morgan fingerprint density at radius 1 is 1.09 bits per heavy atom. The van der Waals surface area contributed by atoms with E-state index in [1.165, 1.54) is 6.21 Å². The molecule has 0 aliphatic carbocycles. The number of rotatable bonds is 4. The lowest BCUT2D eigenvalue weighted by molar-refractivity contribution is 0.300. The minimum atomic E-state index is 0.337. The fourth-order valence-electron chi connectivity index (χ4n) is 2.16. The summed E-state index contributed by atoms with van der Waals surface area (Å²) in [7, 11) is 0. The number of para-hydroxylation sites is 2. The SMILES string of the molecule is Cc1nc2ccccc2nc1COc1cccc(/C=N\O)c1. The lowest BCUT2D eigenvalue weighted by atomic mass is 10.2. The zero-order chi connectivity index (χ0) is 15.4. The maximum Gasteiger partial charge on any atom is 0.132 e. The second-order valence-electron chi connectivity index (χ2n) is 4.85. The predicted octanol–water partition coefficient (Wildman–Crippen LogP) is 3.33. The summed E-state index contributed by atoms with van der Waals surface area (Å²) in [6.07, 6.45) is 1.36. The number of ether oxygens (including phenoxy) is 1. The van der Waals surface area contributed by atoms with Crippen LogP contribution in [0.15, 0.2) is 53.7 Å². The number of nitrogens with zero attached hydrogens (tertiary/aromatic N) is 3. The van der Waals surface area contributed by atoms with E-state index in [1.807, 2.05) is 49.4 Å². The molecular formula is C17H15N3O2. The van der Waals surface area contributed by atoms with Crippen LogP contribution in [0.2, 0.25) is 0 Å². The standard InChI is InChI=1S/C17H15N3O2/c1-12-17(20-16-8-3-2-7-15(16)19-12)11-22-14-6-4-5-13(9-14)10-18-21/h2-10,21H,11H2,1H3/b18-10-. The van der Waals surface area contributed by atoms with Gasteiger partial charge in [-0.1, -0.05) is 29.4 Å². The second kappa shape index (κ2) is 6.22. The summed E-state index contributed by atoms with van der Waals surface area (Å²) in [6.45, 7) is 2.26. The molecule has 22 heavy (non-hydrogen) atoms. The Morgan fingerprint density at radius 3 is 2.64 bits per heavy atom. The highest BCUT2D eigenvalue weighted by Gasteiger charge is 2.06. The third-order valence-corrected chi connectivity index (χ3v) is 3.28. The van der Waals surface area contributed by atoms with Crippen LogP contribution in [0.5, 0.6) is 5.75 Å². The van der Waals surface area contributed by atoms with Crippen molar-refractivity contribution in [1.29, 1.82) is 0 Å². The number of aromatic nitrogens is 2. The number of oxime groups is 1. The lowest BCUT2D eigenvalue weighted by Crippen LogP contribution is -2.03. The van der Waals surface area contributed by atoms with Crippen molar-refractivity contribution >= 4 is 17.2 Å². The van der Waals surface area contributed by atoms with Crippen LogP contribution in [-0.2, 0) is 6.61 Å². The third-order valence-electron chi connectivity index (χ3n) is 3.28. The van der Waals surface area contributed by atoms with Crippen molar-refractivity contribution < 1.29 is 9.94 Å². The van der Waals surface area contributed by atoms with Gasteiger partial charge < -0.3 is 9.94 Å². The minimum absolute atomic E-state index is 0.337. The van der Waals surface area contributed by atoms with Crippen molar-refractivity contribution in [2.75, 3.05) is 0 Å². The molecule has 3 rings (SSSR count). The number of fused-ring (bicyclic) bond motifs is 1. The minimum Gasteiger partial charge on any atom is -0.487 e. The summed E-state index contributed by atoms with van der Waals surface area (Å²) in [6, 6.07) is 15.1. The zero-order valence-corrected chi connectivity index (χ0v) is 12.1. The number of aryl methyl sites for hydroxylation is 1. The van der Waals surface area contributed by atoms with Crippen LogP contribution in [0, 0.1) is 6.92 Å². The van der Waals surface area contributed by atoms with E-state index in [9.17, 15) is 0 Å². The first-order valence-corrected chi connectivity index (χ1v) is 6.89. The summed E-state index contributed by atoms with van der Waals surface area (Å²) in [4.78, 5) is 9.13. The van der Waals surface area contributed by atoms with Gasteiger partial charge in [0.25, 0.3) is 0 Å². The average molecular weight is 293 g/mol. The van der Waals surface area contributed by atoms with E-state index < -0.39 is 0 Å². The van der Waals surface area contributed by atoms with Crippen molar-refractivity contribution in [3.05, 3.63) is 65.5 Å². The second-order valence-corrected chi connectivity index (χ2v) is 4.85. The van der Waals surface area contributed by atoms with Gasteiger partial charge in [-0.05, 0) is 36.8 Å². The first-order valence-electron chi connectivity index (χ1n) is 6.89. The van der Waals surface area contributed by atoms with Gasteiger partial charge in [-0.3, -0.25) is 0 Å². The fourth-order valence-corrected chi connectivity index (χ4v) is 2.16. The molecule has 0 atom stereocenters. The third kappa shape index (κ3) is 3.03. The Balaban J connectivity index is 1.81. The van der Waals surface area contributed by atoms with Gasteiger partial charge in [-0.15, -0.1) is 0 Å². The summed E-state index contributed by atoms with van der Waals surface area (Å²) < 4.78 is 5.76. The van der Waals surface area contributed by atoms with E-state index in [0.29, 0.717) is 12.4 Å². The van der Waals surface area contributed by atoms with Crippen LogP contribution in [0.4, 0.5) is 0 Å². The van der Waals surface area contributed by atoms with Gasteiger partial charge >= 0.3 is 0 Å². The first kappa shape index (κ1) is 14.0. The summed E-state index contributed by atoms with van der Waals surface area (Å²) in [5.74, 6) is 0.687. The van der Waals surface area contributed by atoms with Crippen molar-refractivity contribution in [2.24, 2.45) is 5.16 Å². The maximum atomic E-state index is 8.57. The van der Waals surface area contributed by atoms with Crippen molar-refractivity contribution in [3.63, 3.8) is 0 Å². The molecule has 2 aromatic carbocycles. The van der Waals surface area contributed by atoms with Gasteiger partial charge in [0.15, 0.2) is 0 Å². The van der Waals surface area contributed by atoms with E-state index in [4.69, 9.17) is 9.94 Å². The van der Waals surface area contributed by atoms with Crippen LogP contribution in [0.1, 0.15) is 17.0 Å². The Labute approximate surface area is 127 Å². The normalized spacial score (nSPS) is 11.1. The smallest absolute Gasteiger partial charge is 0.132 e. The highest BCUT2D eigenvalue weighted by atomic mass is 16.5. The van der Waals surface area contributed by atoms with E-state index in [0.717, 1.165) is 28.0 Å². The molecule has 0 fully saturated rings. The summed E-state index contributed by atoms with van der Waals surface area (Å²) in [5, 5.41) is 11.6. The van der Waals surface area contributed by atoms with Gasteiger partial charge in [-0.2, -0.15) is 0 Å². The van der Waals surface area contributed by atoms with Crippen LogP contribution in [-0.4, -0.2) is 21.4 Å². The average Bonchev–Trinajstić information content (AvgIpc) is 2.53. The van der Waals surface area contributed by atoms with Crippen LogP contribution >= 0.6 is 0 Å². The van der Waals surface area contributed by atoms with Gasteiger partial charge in [0.05, 0.1) is 28.6 Å². The van der Waals surface area contributed by atoms with E-state index >= 15 is 0 Å². The zero-order valence-electron chi connectivity index (χ0n) is 12.1. The molecule has 1 aromatic heterocycles. The molecule has 3 aromatic rings. The quantitative estimate of drug-likeness (QED) is 0.455. The monoisotopic (exact) mass is 293 g/mol. The Bertz CT molecular complexity index is 831. The molecule has 1 N–H and O–H groups in total. The number of benzene rings is 2. The lowest BCUT2D eigenvalue weighted by Gasteiger charge is -2.09. The molecule has 0 spiro atoms. The molecule has 5 nitrogen and oxygen atoms in total. The molecule has 110 valence electrons. The predicted molar refractivity (Wildman–Crippen MR) is 84.4 cm³/mol. The number of hydrogen-bond acceptors (Lipinski definition) is 5. The Hall–Kier alpha value is -2.95. The van der Waals surface area contributed by atoms with Gasteiger partial charge in [0.1, 0.15) is 12.4 Å². The molecule has 0 saturated carbocycles. The van der Waals surface area contributed by atoms with Crippen LogP contribution in [0.3, 0.4) is 0 Å². The summed E-state index contributed by atoms with van der Waals surface area (Å²) in [5.41, 5.74) is 4.16. The molecule has 1 heterocycles. The van der Waals surface area contributed by atoms with Crippen molar-refractivity contribution in [1.82, 2.24) is 9.97 Å². The number of hydrogen-bond donors (Lipinski definition) is 1. The largest absolute Gasteiger partial charge is 0.487 e. The molecule has 0 bridgehead atoms. The fraction of sp³-hybridized carbons (Fsp3) is 0.118. The molecule has 0 amide bonds.